The SMILES string of the molecule is CCNc1ccc2c(C)c(Br)c(C)cc2n1. The molecule has 0 unspecified atom stereocenters. The Labute approximate surface area is 104 Å². The van der Waals surface area contributed by atoms with Crippen molar-refractivity contribution in [3.05, 3.63) is 33.8 Å². The summed E-state index contributed by atoms with van der Waals surface area (Å²) in [5, 5.41) is 4.44. The Bertz CT molecular complexity index is 535. The van der Waals surface area contributed by atoms with Gasteiger partial charge in [0.25, 0.3) is 0 Å². The summed E-state index contributed by atoms with van der Waals surface area (Å²) >= 11 is 3.61. The van der Waals surface area contributed by atoms with Crippen LogP contribution in [0.4, 0.5) is 5.82 Å². The van der Waals surface area contributed by atoms with Crippen molar-refractivity contribution in [1.82, 2.24) is 4.98 Å². The summed E-state index contributed by atoms with van der Waals surface area (Å²) in [6.07, 6.45) is 0. The van der Waals surface area contributed by atoms with E-state index in [1.165, 1.54) is 21.0 Å². The van der Waals surface area contributed by atoms with Crippen LogP contribution in [0.5, 0.6) is 0 Å². The standard InChI is InChI=1S/C13H15BrN2/c1-4-15-12-6-5-10-9(3)13(14)8(2)7-11(10)16-12/h5-7H,4H2,1-3H3,(H,15,16). The highest BCUT2D eigenvalue weighted by atomic mass is 79.9. The number of anilines is 1. The number of nitrogens with zero attached hydrogens (tertiary/aromatic N) is 1. The molecule has 0 bridgehead atoms. The van der Waals surface area contributed by atoms with Gasteiger partial charge in [0.1, 0.15) is 5.82 Å². The number of hydrogen-bond donors (Lipinski definition) is 1. The van der Waals surface area contributed by atoms with Crippen molar-refractivity contribution in [3.8, 4) is 0 Å². The number of benzene rings is 1. The first-order valence-electron chi connectivity index (χ1n) is 5.43. The van der Waals surface area contributed by atoms with E-state index >= 15 is 0 Å². The highest BCUT2D eigenvalue weighted by Crippen LogP contribution is 2.29. The largest absolute Gasteiger partial charge is 0.370 e. The topological polar surface area (TPSA) is 24.9 Å². The zero-order valence-electron chi connectivity index (χ0n) is 9.76. The maximum absolute atomic E-state index is 4.60. The molecule has 0 saturated carbocycles. The van der Waals surface area contributed by atoms with Crippen LogP contribution in [0.15, 0.2) is 22.7 Å². The molecule has 1 N–H and O–H groups in total. The molecule has 0 amide bonds. The average Bonchev–Trinajstić information content (AvgIpc) is 2.26. The minimum atomic E-state index is 0.896. The number of pyridine rings is 1. The maximum atomic E-state index is 4.60. The van der Waals surface area contributed by atoms with Crippen molar-refractivity contribution in [2.75, 3.05) is 11.9 Å². The van der Waals surface area contributed by atoms with Crippen molar-refractivity contribution >= 4 is 32.7 Å². The Hall–Kier alpha value is -1.09. The Balaban J connectivity index is 2.66. The van der Waals surface area contributed by atoms with Crippen LogP contribution in [0.1, 0.15) is 18.1 Å². The third kappa shape index (κ3) is 1.92. The minimum Gasteiger partial charge on any atom is -0.370 e. The predicted molar refractivity (Wildman–Crippen MR) is 73.1 cm³/mol. The van der Waals surface area contributed by atoms with Crippen LogP contribution in [0.3, 0.4) is 0 Å². The number of aromatic nitrogens is 1. The van der Waals surface area contributed by atoms with E-state index in [9.17, 15) is 0 Å². The molecule has 3 heteroatoms. The van der Waals surface area contributed by atoms with E-state index in [-0.39, 0.29) is 0 Å². The fourth-order valence-electron chi connectivity index (χ4n) is 1.86. The normalized spacial score (nSPS) is 10.8. The average molecular weight is 279 g/mol. The summed E-state index contributed by atoms with van der Waals surface area (Å²) in [6.45, 7) is 7.18. The van der Waals surface area contributed by atoms with Gasteiger partial charge in [0.05, 0.1) is 5.52 Å². The van der Waals surface area contributed by atoms with Gasteiger partial charge < -0.3 is 5.32 Å². The van der Waals surface area contributed by atoms with Crippen molar-refractivity contribution in [2.45, 2.75) is 20.8 Å². The van der Waals surface area contributed by atoms with E-state index in [4.69, 9.17) is 0 Å². The summed E-state index contributed by atoms with van der Waals surface area (Å²) in [7, 11) is 0. The van der Waals surface area contributed by atoms with E-state index in [1.54, 1.807) is 0 Å². The van der Waals surface area contributed by atoms with Gasteiger partial charge >= 0.3 is 0 Å². The lowest BCUT2D eigenvalue weighted by molar-refractivity contribution is 1.17. The molecule has 0 saturated heterocycles. The first kappa shape index (κ1) is 11.4. The molecule has 0 radical (unpaired) electrons. The molecule has 16 heavy (non-hydrogen) atoms. The lowest BCUT2D eigenvalue weighted by Gasteiger charge is -2.09. The Morgan fingerprint density at radius 1 is 1.31 bits per heavy atom. The molecular formula is C13H15BrN2. The maximum Gasteiger partial charge on any atom is 0.126 e. The summed E-state index contributed by atoms with van der Waals surface area (Å²) in [4.78, 5) is 4.60. The van der Waals surface area contributed by atoms with Crippen LogP contribution in [-0.2, 0) is 0 Å². The van der Waals surface area contributed by atoms with Gasteiger partial charge in [0.2, 0.25) is 0 Å². The van der Waals surface area contributed by atoms with Crippen molar-refractivity contribution in [3.63, 3.8) is 0 Å². The molecule has 84 valence electrons. The van der Waals surface area contributed by atoms with E-state index < -0.39 is 0 Å². The second-order valence-electron chi connectivity index (χ2n) is 3.93. The van der Waals surface area contributed by atoms with Gasteiger partial charge in [-0.25, -0.2) is 4.98 Å². The number of fused-ring (bicyclic) bond motifs is 1. The Kier molecular flexibility index (Phi) is 3.15. The Morgan fingerprint density at radius 2 is 2.06 bits per heavy atom. The molecule has 0 fully saturated rings. The van der Waals surface area contributed by atoms with Crippen molar-refractivity contribution in [1.29, 1.82) is 0 Å². The van der Waals surface area contributed by atoms with Gasteiger partial charge in [-0.05, 0) is 50.1 Å². The van der Waals surface area contributed by atoms with Crippen LogP contribution in [0.25, 0.3) is 10.9 Å². The summed E-state index contributed by atoms with van der Waals surface area (Å²) < 4.78 is 1.18. The monoisotopic (exact) mass is 278 g/mol. The fraction of sp³-hybridized carbons (Fsp3) is 0.308. The van der Waals surface area contributed by atoms with E-state index in [1.807, 2.05) is 6.07 Å². The highest BCUT2D eigenvalue weighted by Gasteiger charge is 2.06. The van der Waals surface area contributed by atoms with Gasteiger partial charge in [0, 0.05) is 16.4 Å². The summed E-state index contributed by atoms with van der Waals surface area (Å²) in [6, 6.07) is 6.27. The molecule has 1 heterocycles. The third-order valence-electron chi connectivity index (χ3n) is 2.72. The zero-order chi connectivity index (χ0) is 11.7. The minimum absolute atomic E-state index is 0.896. The fourth-order valence-corrected chi connectivity index (χ4v) is 2.19. The summed E-state index contributed by atoms with van der Waals surface area (Å²) in [5.41, 5.74) is 3.54. The lowest BCUT2D eigenvalue weighted by atomic mass is 10.1. The van der Waals surface area contributed by atoms with Gasteiger partial charge in [0.15, 0.2) is 0 Å². The van der Waals surface area contributed by atoms with Crippen LogP contribution in [0.2, 0.25) is 0 Å². The molecule has 2 aromatic rings. The predicted octanol–water partition coefficient (Wildman–Crippen LogP) is 4.05. The first-order valence-corrected chi connectivity index (χ1v) is 6.23. The molecule has 2 rings (SSSR count). The van der Waals surface area contributed by atoms with Crippen LogP contribution in [0, 0.1) is 13.8 Å². The van der Waals surface area contributed by atoms with E-state index in [2.05, 4.69) is 59.1 Å². The summed E-state index contributed by atoms with van der Waals surface area (Å²) in [5.74, 6) is 0.941. The highest BCUT2D eigenvalue weighted by molar-refractivity contribution is 9.10. The smallest absolute Gasteiger partial charge is 0.126 e. The Morgan fingerprint density at radius 3 is 2.75 bits per heavy atom. The molecule has 1 aromatic carbocycles. The number of hydrogen-bond acceptors (Lipinski definition) is 2. The number of nitrogens with one attached hydrogen (secondary N) is 1. The molecular weight excluding hydrogens is 264 g/mol. The van der Waals surface area contributed by atoms with Gasteiger partial charge in [-0.2, -0.15) is 0 Å². The number of halogens is 1. The molecule has 0 atom stereocenters. The van der Waals surface area contributed by atoms with Gasteiger partial charge in [-0.3, -0.25) is 0 Å². The quantitative estimate of drug-likeness (QED) is 0.897. The molecule has 0 aliphatic rings. The van der Waals surface area contributed by atoms with Gasteiger partial charge in [-0.1, -0.05) is 15.9 Å². The van der Waals surface area contributed by atoms with E-state index in [0.717, 1.165) is 17.9 Å². The third-order valence-corrected chi connectivity index (χ3v) is 3.94. The van der Waals surface area contributed by atoms with Crippen LogP contribution >= 0.6 is 15.9 Å². The molecule has 1 aromatic heterocycles. The van der Waals surface area contributed by atoms with Gasteiger partial charge in [-0.15, -0.1) is 0 Å². The van der Waals surface area contributed by atoms with Crippen LogP contribution < -0.4 is 5.32 Å². The van der Waals surface area contributed by atoms with Crippen molar-refractivity contribution < 1.29 is 0 Å². The zero-order valence-corrected chi connectivity index (χ0v) is 11.4. The molecule has 0 aliphatic heterocycles. The lowest BCUT2D eigenvalue weighted by Crippen LogP contribution is -1.99. The number of rotatable bonds is 2. The second kappa shape index (κ2) is 4.42. The number of aryl methyl sites for hydroxylation is 2. The first-order chi connectivity index (χ1) is 7.63. The van der Waals surface area contributed by atoms with Crippen molar-refractivity contribution in [2.24, 2.45) is 0 Å². The molecule has 0 aliphatic carbocycles. The molecule has 2 nitrogen and oxygen atoms in total. The molecule has 0 spiro atoms. The second-order valence-corrected chi connectivity index (χ2v) is 4.72. The van der Waals surface area contributed by atoms with Crippen LogP contribution in [-0.4, -0.2) is 11.5 Å². The van der Waals surface area contributed by atoms with E-state index in [0.29, 0.717) is 0 Å².